The van der Waals surface area contributed by atoms with Crippen molar-refractivity contribution in [2.75, 3.05) is 0 Å². The summed E-state index contributed by atoms with van der Waals surface area (Å²) in [4.78, 5) is 0. The molecule has 1 heterocycles. The van der Waals surface area contributed by atoms with E-state index in [-0.39, 0.29) is 0 Å². The summed E-state index contributed by atoms with van der Waals surface area (Å²) < 4.78 is 13.0. The quantitative estimate of drug-likeness (QED) is 0.185. The number of hydrogen-bond acceptors (Lipinski definition) is 2. The number of rotatable bonds is 3. The summed E-state index contributed by atoms with van der Waals surface area (Å²) in [5.41, 5.74) is 1.83. The lowest BCUT2D eigenvalue weighted by molar-refractivity contribution is -0.0100. The maximum Gasteiger partial charge on any atom is 0.344 e. The predicted octanol–water partition coefficient (Wildman–Crippen LogP) is 8.80. The molecule has 6 rings (SSSR count). The van der Waals surface area contributed by atoms with Gasteiger partial charge in [-0.1, -0.05) is 96.0 Å². The first-order chi connectivity index (χ1) is 16.0. The zero-order valence-electron chi connectivity index (χ0n) is 17.3. The van der Waals surface area contributed by atoms with Crippen LogP contribution < -0.4 is 9.47 Å². The van der Waals surface area contributed by atoms with Crippen molar-refractivity contribution in [2.24, 2.45) is 0 Å². The zero-order chi connectivity index (χ0) is 22.6. The van der Waals surface area contributed by atoms with Gasteiger partial charge in [-0.15, -0.1) is 0 Å². The van der Waals surface area contributed by atoms with Gasteiger partial charge in [0.25, 0.3) is 0 Å². The zero-order valence-corrected chi connectivity index (χ0v) is 19.5. The summed E-state index contributed by atoms with van der Waals surface area (Å²) in [5.74, 6) is 0.845. The fourth-order valence-corrected chi connectivity index (χ4v) is 5.26. The first-order valence-corrected chi connectivity index (χ1v) is 11.7. The monoisotopic (exact) mass is 490 g/mol. The molecule has 0 bridgehead atoms. The molecule has 0 amide bonds. The van der Waals surface area contributed by atoms with Crippen molar-refractivity contribution in [3.05, 3.63) is 118 Å². The van der Waals surface area contributed by atoms with E-state index in [0.717, 1.165) is 32.7 Å². The van der Waals surface area contributed by atoms with E-state index in [9.17, 15) is 0 Å². The smallest absolute Gasteiger partial charge is 0.344 e. The van der Waals surface area contributed by atoms with E-state index >= 15 is 0 Å². The highest BCUT2D eigenvalue weighted by Gasteiger charge is 2.50. The molecular formula is C28H17Cl3O2. The molecule has 162 valence electrons. The van der Waals surface area contributed by atoms with E-state index < -0.39 is 11.2 Å². The molecule has 5 aromatic carbocycles. The van der Waals surface area contributed by atoms with E-state index in [1.54, 1.807) is 0 Å². The van der Waals surface area contributed by atoms with Gasteiger partial charge >= 0.3 is 5.25 Å². The van der Waals surface area contributed by atoms with Crippen LogP contribution in [0, 0.1) is 0 Å². The Kier molecular flexibility index (Phi) is 4.92. The molecule has 0 aromatic heterocycles. The highest BCUT2D eigenvalue weighted by molar-refractivity contribution is 6.31. The van der Waals surface area contributed by atoms with E-state index in [4.69, 9.17) is 44.3 Å². The third-order valence-electron chi connectivity index (χ3n) is 6.07. The molecule has 2 nitrogen and oxygen atoms in total. The van der Waals surface area contributed by atoms with Crippen LogP contribution in [0.3, 0.4) is 0 Å². The molecule has 0 spiro atoms. The Balaban J connectivity index is 1.57. The lowest BCUT2D eigenvalue weighted by Crippen LogP contribution is -2.39. The fourth-order valence-electron chi connectivity index (χ4n) is 4.60. The minimum atomic E-state index is -1.50. The van der Waals surface area contributed by atoms with Crippen molar-refractivity contribution in [2.45, 2.75) is 11.2 Å². The van der Waals surface area contributed by atoms with Gasteiger partial charge in [-0.05, 0) is 57.8 Å². The number of hydrogen-bond donors (Lipinski definition) is 0. The lowest BCUT2D eigenvalue weighted by atomic mass is 9.90. The van der Waals surface area contributed by atoms with Gasteiger partial charge in [0.2, 0.25) is 0 Å². The molecule has 0 unspecified atom stereocenters. The Labute approximate surface area is 206 Å². The fraction of sp³-hybridized carbons (Fsp3) is 0.0714. The van der Waals surface area contributed by atoms with Gasteiger partial charge in [0.05, 0.1) is 0 Å². The number of fused-ring (bicyclic) bond motifs is 6. The predicted molar refractivity (Wildman–Crippen MR) is 136 cm³/mol. The van der Waals surface area contributed by atoms with E-state index in [1.807, 2.05) is 84.9 Å². The molecule has 0 radical (unpaired) electrons. The van der Waals surface area contributed by atoms with Gasteiger partial charge in [-0.3, -0.25) is 0 Å². The van der Waals surface area contributed by atoms with Gasteiger partial charge in [0.1, 0.15) is 5.92 Å². The third-order valence-corrected chi connectivity index (χ3v) is 6.95. The second-order valence-electron chi connectivity index (χ2n) is 8.07. The molecule has 0 N–H and O–H groups in total. The third kappa shape index (κ3) is 3.41. The van der Waals surface area contributed by atoms with Crippen molar-refractivity contribution in [3.63, 3.8) is 0 Å². The molecule has 5 heteroatoms. The van der Waals surface area contributed by atoms with Gasteiger partial charge in [0.15, 0.2) is 11.5 Å². The summed E-state index contributed by atoms with van der Waals surface area (Å²) in [7, 11) is 0. The highest BCUT2D eigenvalue weighted by atomic mass is 35.5. The lowest BCUT2D eigenvalue weighted by Gasteiger charge is -2.30. The molecule has 0 saturated carbocycles. The Morgan fingerprint density at radius 3 is 1.27 bits per heavy atom. The molecule has 0 saturated heterocycles. The van der Waals surface area contributed by atoms with Crippen molar-refractivity contribution in [1.82, 2.24) is 0 Å². The van der Waals surface area contributed by atoms with Crippen LogP contribution >= 0.6 is 34.8 Å². The summed E-state index contributed by atoms with van der Waals surface area (Å²) in [6, 6.07) is 31.4. The molecule has 0 atom stereocenters. The van der Waals surface area contributed by atoms with Gasteiger partial charge in [-0.2, -0.15) is 0 Å². The molecule has 1 aliphatic rings. The van der Waals surface area contributed by atoms with Crippen LogP contribution in [0.15, 0.2) is 97.1 Å². The highest BCUT2D eigenvalue weighted by Crippen LogP contribution is 2.55. The van der Waals surface area contributed by atoms with E-state index in [2.05, 4.69) is 12.1 Å². The van der Waals surface area contributed by atoms with Crippen LogP contribution in [-0.2, 0) is 0 Å². The summed E-state index contributed by atoms with van der Waals surface area (Å²) in [5, 5.41) is 3.88. The van der Waals surface area contributed by atoms with Crippen LogP contribution in [0.4, 0.5) is 0 Å². The van der Waals surface area contributed by atoms with Gasteiger partial charge in [0, 0.05) is 20.8 Å². The van der Waals surface area contributed by atoms with Crippen LogP contribution in [0.1, 0.15) is 17.0 Å². The summed E-state index contributed by atoms with van der Waals surface area (Å²) in [6.45, 7) is 0. The largest absolute Gasteiger partial charge is 0.434 e. The summed E-state index contributed by atoms with van der Waals surface area (Å²) >= 11 is 19.6. The first kappa shape index (κ1) is 20.7. The van der Waals surface area contributed by atoms with E-state index in [0.29, 0.717) is 21.5 Å². The van der Waals surface area contributed by atoms with Crippen LogP contribution in [-0.4, -0.2) is 5.25 Å². The van der Waals surface area contributed by atoms with Crippen molar-refractivity contribution >= 4 is 56.3 Å². The number of alkyl halides is 1. The molecule has 33 heavy (non-hydrogen) atoms. The second kappa shape index (κ2) is 7.85. The maximum absolute atomic E-state index is 7.24. The average molecular weight is 492 g/mol. The van der Waals surface area contributed by atoms with Crippen molar-refractivity contribution < 1.29 is 9.47 Å². The molecule has 1 aliphatic heterocycles. The van der Waals surface area contributed by atoms with Gasteiger partial charge < -0.3 is 9.47 Å². The van der Waals surface area contributed by atoms with Crippen molar-refractivity contribution in [3.8, 4) is 11.5 Å². The normalized spacial score (nSPS) is 14.3. The van der Waals surface area contributed by atoms with Crippen LogP contribution in [0.25, 0.3) is 21.5 Å². The maximum atomic E-state index is 7.24. The Morgan fingerprint density at radius 2 is 0.879 bits per heavy atom. The Morgan fingerprint density at radius 1 is 0.515 bits per heavy atom. The molecule has 0 fully saturated rings. The Hall–Kier alpha value is -2.91. The SMILES string of the molecule is Clc1ccc(C(c2ccc(Cl)cc2)C2(Cl)Oc3c(c4ccccc4c4ccccc34)O2)cc1. The van der Waals surface area contributed by atoms with Gasteiger partial charge in [-0.25, -0.2) is 0 Å². The number of benzene rings is 5. The average Bonchev–Trinajstić information content (AvgIpc) is 3.20. The molecule has 5 aromatic rings. The standard InChI is InChI=1S/C28H17Cl3O2/c29-19-13-9-17(10-14-19)25(18-11-15-20(30)16-12-18)28(31)32-26-23-7-3-1-5-21(23)22-6-2-4-8-24(22)27(26)33-28/h1-16,25H. The number of halogens is 3. The topological polar surface area (TPSA) is 18.5 Å². The summed E-state index contributed by atoms with van der Waals surface area (Å²) in [6.07, 6.45) is 0. The van der Waals surface area contributed by atoms with Crippen LogP contribution in [0.2, 0.25) is 10.0 Å². The Bertz CT molecular complexity index is 1380. The second-order valence-corrected chi connectivity index (χ2v) is 9.47. The minimum absolute atomic E-state index is 0.446. The molecular weight excluding hydrogens is 475 g/mol. The number of ether oxygens (including phenoxy) is 2. The molecule has 0 aliphatic carbocycles. The van der Waals surface area contributed by atoms with Crippen LogP contribution in [0.5, 0.6) is 11.5 Å². The first-order valence-electron chi connectivity index (χ1n) is 10.5. The van der Waals surface area contributed by atoms with Crippen molar-refractivity contribution in [1.29, 1.82) is 0 Å². The van der Waals surface area contributed by atoms with E-state index in [1.165, 1.54) is 0 Å². The minimum Gasteiger partial charge on any atom is -0.434 e.